The van der Waals surface area contributed by atoms with Gasteiger partial charge in [0, 0.05) is 33.4 Å². The van der Waals surface area contributed by atoms with E-state index in [4.69, 9.17) is 23.8 Å². The number of hydrogen-bond acceptors (Lipinski definition) is 11. The van der Waals surface area contributed by atoms with Crippen molar-refractivity contribution in [1.29, 1.82) is 0 Å². The van der Waals surface area contributed by atoms with Crippen LogP contribution in [0.15, 0.2) is 35.5 Å². The lowest BCUT2D eigenvalue weighted by atomic mass is 9.96. The molecule has 1 aliphatic heterocycles. The molecular weight excluding hydrogens is 454 g/mol. The van der Waals surface area contributed by atoms with Crippen LogP contribution in [0.5, 0.6) is 0 Å². The summed E-state index contributed by atoms with van der Waals surface area (Å²) in [5, 5.41) is 8.56. The van der Waals surface area contributed by atoms with E-state index in [9.17, 15) is 24.0 Å². The number of carbonyl (C=O) groups is 5. The number of anilines is 1. The van der Waals surface area contributed by atoms with E-state index < -0.39 is 60.9 Å². The second-order valence-corrected chi connectivity index (χ2v) is 7.08. The molecule has 2 amide bonds. The molecule has 1 fully saturated rings. The van der Waals surface area contributed by atoms with E-state index in [1.54, 1.807) is 30.3 Å². The molecule has 184 valence electrons. The number of amides is 2. The van der Waals surface area contributed by atoms with Crippen LogP contribution in [0.3, 0.4) is 0 Å². The van der Waals surface area contributed by atoms with Gasteiger partial charge in [0.2, 0.25) is 5.91 Å². The number of benzene rings is 1. The first-order valence-corrected chi connectivity index (χ1v) is 10.1. The Kier molecular flexibility index (Phi) is 9.35. The third kappa shape index (κ3) is 8.07. The summed E-state index contributed by atoms with van der Waals surface area (Å²) in [6, 6.07) is 7.06. The van der Waals surface area contributed by atoms with Gasteiger partial charge in [-0.05, 0) is 17.3 Å². The smallest absolute Gasteiger partial charge is 0.437 e. The summed E-state index contributed by atoms with van der Waals surface area (Å²) >= 11 is 0. The molecule has 1 aromatic rings. The molecule has 13 heteroatoms. The molecule has 0 aromatic heterocycles. The summed E-state index contributed by atoms with van der Waals surface area (Å²) in [4.78, 5) is 63.6. The van der Waals surface area contributed by atoms with Crippen LogP contribution in [-0.4, -0.2) is 66.8 Å². The molecule has 0 saturated carbocycles. The number of hydrogen-bond donors (Lipinski definition) is 2. The van der Waals surface area contributed by atoms with Gasteiger partial charge in [0.05, 0.1) is 0 Å². The Morgan fingerprint density at radius 1 is 0.912 bits per heavy atom. The number of esters is 3. The van der Waals surface area contributed by atoms with Crippen molar-refractivity contribution in [3.8, 4) is 0 Å². The topological polar surface area (TPSA) is 168 Å². The number of rotatable bonds is 7. The molecule has 0 aliphatic carbocycles. The van der Waals surface area contributed by atoms with Crippen LogP contribution in [0.25, 0.3) is 0 Å². The minimum absolute atomic E-state index is 0.384. The first kappa shape index (κ1) is 26.1. The maximum Gasteiger partial charge on any atom is 0.437 e. The monoisotopic (exact) mass is 479 g/mol. The molecule has 1 saturated heterocycles. The van der Waals surface area contributed by atoms with Gasteiger partial charge in [-0.15, -0.1) is 0 Å². The van der Waals surface area contributed by atoms with E-state index in [2.05, 4.69) is 15.8 Å². The lowest BCUT2D eigenvalue weighted by Crippen LogP contribution is -2.64. The van der Waals surface area contributed by atoms with E-state index in [1.165, 1.54) is 6.92 Å². The van der Waals surface area contributed by atoms with Crippen LogP contribution in [-0.2, 0) is 43.0 Å². The summed E-state index contributed by atoms with van der Waals surface area (Å²) in [6.45, 7) is 4.12. The van der Waals surface area contributed by atoms with E-state index in [-0.39, 0.29) is 5.90 Å². The lowest BCUT2D eigenvalue weighted by Gasteiger charge is -2.41. The zero-order valence-electron chi connectivity index (χ0n) is 18.9. The molecule has 1 heterocycles. The van der Waals surface area contributed by atoms with Crippen molar-refractivity contribution in [2.24, 2.45) is 5.16 Å². The van der Waals surface area contributed by atoms with Crippen molar-refractivity contribution < 1.29 is 47.8 Å². The van der Waals surface area contributed by atoms with Crippen LogP contribution >= 0.6 is 0 Å². The fraction of sp³-hybridized carbons (Fsp3) is 0.429. The maximum absolute atomic E-state index is 12.1. The van der Waals surface area contributed by atoms with Gasteiger partial charge in [0.25, 0.3) is 5.90 Å². The van der Waals surface area contributed by atoms with Gasteiger partial charge in [-0.3, -0.25) is 29.3 Å². The molecule has 0 spiro atoms. The standard InChI is InChI=1S/C21H25N3O10/c1-11(25)22-17-19(32-14(4)28)18(31-13(3)27)16(10-30-12(2)26)33-20(17)24-34-21(29)23-15-8-6-5-7-9-15/h5-9,16-19H,10H2,1-4H3,(H,22,25)(H,23,29)/t16-,17-,18-,19-/m1/s1. The number of ether oxygens (including phenoxy) is 4. The minimum Gasteiger partial charge on any atom is -0.466 e. The quantitative estimate of drug-likeness (QED) is 0.248. The van der Waals surface area contributed by atoms with Crippen LogP contribution in [0.4, 0.5) is 10.5 Å². The van der Waals surface area contributed by atoms with E-state index in [0.717, 1.165) is 20.8 Å². The maximum atomic E-state index is 12.1. The summed E-state index contributed by atoms with van der Waals surface area (Å²) in [5.41, 5.74) is 0.427. The molecule has 1 aliphatic rings. The van der Waals surface area contributed by atoms with Crippen molar-refractivity contribution in [2.75, 3.05) is 11.9 Å². The van der Waals surface area contributed by atoms with E-state index >= 15 is 0 Å². The molecule has 1 aromatic carbocycles. The van der Waals surface area contributed by atoms with Crippen molar-refractivity contribution >= 4 is 41.5 Å². The third-order valence-electron chi connectivity index (χ3n) is 4.21. The summed E-state index contributed by atoms with van der Waals surface area (Å²) in [7, 11) is 0. The Hall–Kier alpha value is -4.16. The third-order valence-corrected chi connectivity index (χ3v) is 4.21. The molecule has 34 heavy (non-hydrogen) atoms. The van der Waals surface area contributed by atoms with Gasteiger partial charge in [0.1, 0.15) is 12.6 Å². The highest BCUT2D eigenvalue weighted by Crippen LogP contribution is 2.25. The Bertz CT molecular complexity index is 949. The Morgan fingerprint density at radius 2 is 1.53 bits per heavy atom. The van der Waals surface area contributed by atoms with Gasteiger partial charge >= 0.3 is 24.0 Å². The average Bonchev–Trinajstić information content (AvgIpc) is 2.74. The Labute approximate surface area is 194 Å². The highest BCUT2D eigenvalue weighted by molar-refractivity contribution is 5.90. The minimum atomic E-state index is -1.35. The van der Waals surface area contributed by atoms with E-state index in [1.807, 2.05) is 0 Å². The fourth-order valence-electron chi connectivity index (χ4n) is 3.02. The van der Waals surface area contributed by atoms with Crippen molar-refractivity contribution in [2.45, 2.75) is 52.0 Å². The van der Waals surface area contributed by atoms with Crippen molar-refractivity contribution in [3.63, 3.8) is 0 Å². The number of carbonyl (C=O) groups excluding carboxylic acids is 5. The zero-order chi connectivity index (χ0) is 25.3. The molecule has 2 rings (SSSR count). The molecular formula is C21H25N3O10. The van der Waals surface area contributed by atoms with Gasteiger partial charge in [-0.1, -0.05) is 18.2 Å². The predicted molar refractivity (Wildman–Crippen MR) is 114 cm³/mol. The Balaban J connectivity index is 2.37. The molecule has 0 bridgehead atoms. The molecule has 2 N–H and O–H groups in total. The highest BCUT2D eigenvalue weighted by Gasteiger charge is 2.50. The van der Waals surface area contributed by atoms with Crippen molar-refractivity contribution in [1.82, 2.24) is 5.32 Å². The number of nitrogens with one attached hydrogen (secondary N) is 2. The second kappa shape index (κ2) is 12.2. The van der Waals surface area contributed by atoms with Gasteiger partial charge in [0.15, 0.2) is 18.3 Å². The summed E-state index contributed by atoms with van der Waals surface area (Å²) < 4.78 is 21.2. The number of nitrogens with zero attached hydrogens (tertiary/aromatic N) is 1. The van der Waals surface area contributed by atoms with Gasteiger partial charge < -0.3 is 24.3 Å². The van der Waals surface area contributed by atoms with Crippen LogP contribution < -0.4 is 10.6 Å². The molecule has 0 unspecified atom stereocenters. The SMILES string of the molecule is CC(=O)N[C@H]1C(=NOC(=O)Nc2ccccc2)O[C@H](COC(C)=O)[C@@H](OC(C)=O)[C@@H]1OC(C)=O. The second-order valence-electron chi connectivity index (χ2n) is 7.08. The normalized spacial score (nSPS) is 22.5. The largest absolute Gasteiger partial charge is 0.466 e. The van der Waals surface area contributed by atoms with Crippen LogP contribution in [0.1, 0.15) is 27.7 Å². The Morgan fingerprint density at radius 3 is 2.09 bits per heavy atom. The van der Waals surface area contributed by atoms with Crippen LogP contribution in [0, 0.1) is 0 Å². The number of oxime groups is 1. The van der Waals surface area contributed by atoms with Gasteiger partial charge in [-0.2, -0.15) is 0 Å². The van der Waals surface area contributed by atoms with Crippen molar-refractivity contribution in [3.05, 3.63) is 30.3 Å². The zero-order valence-corrected chi connectivity index (χ0v) is 18.9. The average molecular weight is 479 g/mol. The highest BCUT2D eigenvalue weighted by atomic mass is 16.7. The first-order valence-electron chi connectivity index (χ1n) is 10.1. The molecule has 4 atom stereocenters. The van der Waals surface area contributed by atoms with Crippen LogP contribution in [0.2, 0.25) is 0 Å². The van der Waals surface area contributed by atoms with Gasteiger partial charge in [-0.25, -0.2) is 4.79 Å². The summed E-state index contributed by atoms with van der Waals surface area (Å²) in [5.74, 6) is -3.14. The number of para-hydroxylation sites is 1. The first-order chi connectivity index (χ1) is 16.1. The lowest BCUT2D eigenvalue weighted by molar-refractivity contribution is -0.186. The molecule has 13 nitrogen and oxygen atoms in total. The fourth-order valence-corrected chi connectivity index (χ4v) is 3.02. The predicted octanol–water partition coefficient (Wildman–Crippen LogP) is 0.879. The molecule has 0 radical (unpaired) electrons. The summed E-state index contributed by atoms with van der Waals surface area (Å²) in [6.07, 6.45) is -4.83. The van der Waals surface area contributed by atoms with E-state index in [0.29, 0.717) is 5.69 Å².